The molecule has 6 nitrogen and oxygen atoms in total. The third-order valence-corrected chi connectivity index (χ3v) is 4.44. The van der Waals surface area contributed by atoms with Gasteiger partial charge in [0.1, 0.15) is 17.4 Å². The van der Waals surface area contributed by atoms with Gasteiger partial charge in [0.25, 0.3) is 5.91 Å². The van der Waals surface area contributed by atoms with Crippen LogP contribution in [0.15, 0.2) is 60.3 Å². The van der Waals surface area contributed by atoms with Crippen LogP contribution in [0.4, 0.5) is 17.1 Å². The lowest BCUT2D eigenvalue weighted by molar-refractivity contribution is -0.112. The minimum absolute atomic E-state index is 0.0437. The Balaban J connectivity index is 1.62. The maximum absolute atomic E-state index is 12.2. The number of benzene rings is 2. The van der Waals surface area contributed by atoms with E-state index >= 15 is 0 Å². The van der Waals surface area contributed by atoms with Crippen LogP contribution < -0.4 is 15.5 Å². The number of anilines is 3. The van der Waals surface area contributed by atoms with Crippen LogP contribution in [0.25, 0.3) is 0 Å². The van der Waals surface area contributed by atoms with Crippen LogP contribution in [0.1, 0.15) is 19.3 Å². The van der Waals surface area contributed by atoms with Crippen molar-refractivity contribution in [3.05, 3.63) is 60.3 Å². The molecule has 0 atom stereocenters. The molecule has 3 N–H and O–H groups in total. The third-order valence-electron chi connectivity index (χ3n) is 4.44. The largest absolute Gasteiger partial charge is 0.508 e. The van der Waals surface area contributed by atoms with Gasteiger partial charge in [-0.1, -0.05) is 6.07 Å². The highest BCUT2D eigenvalue weighted by atomic mass is 16.3. The molecule has 0 radical (unpaired) electrons. The van der Waals surface area contributed by atoms with Crippen molar-refractivity contribution in [2.75, 3.05) is 28.6 Å². The van der Waals surface area contributed by atoms with Crippen LogP contribution in [0.5, 0.6) is 5.75 Å². The topological polar surface area (TPSA) is 88.4 Å². The molecule has 0 aromatic heterocycles. The number of aromatic hydroxyl groups is 1. The average molecular weight is 362 g/mol. The molecule has 0 unspecified atom stereocenters. The van der Waals surface area contributed by atoms with Gasteiger partial charge in [0.05, 0.1) is 0 Å². The van der Waals surface area contributed by atoms with Crippen LogP contribution in [0.3, 0.4) is 0 Å². The van der Waals surface area contributed by atoms with Gasteiger partial charge in [0.2, 0.25) is 0 Å². The van der Waals surface area contributed by atoms with Gasteiger partial charge in [0, 0.05) is 42.4 Å². The van der Waals surface area contributed by atoms with Gasteiger partial charge in [-0.15, -0.1) is 0 Å². The standard InChI is InChI=1S/C21H22N4O2/c22-14-16(21(27)24-18-5-4-6-20(26)13-18)15-23-17-7-9-19(10-8-17)25-11-2-1-3-12-25/h4-10,13,15,23,26H,1-3,11-12H2,(H,24,27)/b16-15-. The fourth-order valence-corrected chi connectivity index (χ4v) is 3.01. The zero-order chi connectivity index (χ0) is 19.1. The Morgan fingerprint density at radius 2 is 1.81 bits per heavy atom. The first kappa shape index (κ1) is 18.3. The van der Waals surface area contributed by atoms with Crippen molar-refractivity contribution in [2.24, 2.45) is 0 Å². The number of hydrogen-bond acceptors (Lipinski definition) is 5. The van der Waals surface area contributed by atoms with Gasteiger partial charge in [-0.25, -0.2) is 0 Å². The van der Waals surface area contributed by atoms with Crippen molar-refractivity contribution in [3.63, 3.8) is 0 Å². The summed E-state index contributed by atoms with van der Waals surface area (Å²) < 4.78 is 0. The van der Waals surface area contributed by atoms with Crippen LogP contribution >= 0.6 is 0 Å². The Morgan fingerprint density at radius 3 is 2.48 bits per heavy atom. The molecule has 1 amide bonds. The molecule has 1 saturated heterocycles. The van der Waals surface area contributed by atoms with Crippen LogP contribution in [-0.2, 0) is 4.79 Å². The smallest absolute Gasteiger partial charge is 0.267 e. The van der Waals surface area contributed by atoms with E-state index in [4.69, 9.17) is 0 Å². The number of nitrogens with zero attached hydrogens (tertiary/aromatic N) is 2. The lowest BCUT2D eigenvalue weighted by Crippen LogP contribution is -2.29. The lowest BCUT2D eigenvalue weighted by Gasteiger charge is -2.28. The predicted molar refractivity (Wildman–Crippen MR) is 107 cm³/mol. The fourth-order valence-electron chi connectivity index (χ4n) is 3.01. The Labute approximate surface area is 158 Å². The number of phenolic OH excluding ortho intramolecular Hbond substituents is 1. The number of nitriles is 1. The Bertz CT molecular complexity index is 862. The second kappa shape index (κ2) is 8.77. The van der Waals surface area contributed by atoms with Crippen molar-refractivity contribution in [2.45, 2.75) is 19.3 Å². The first-order chi connectivity index (χ1) is 13.2. The molecular formula is C21H22N4O2. The summed E-state index contributed by atoms with van der Waals surface area (Å²) in [5.74, 6) is -0.497. The quantitative estimate of drug-likeness (QED) is 0.555. The number of hydrogen-bond donors (Lipinski definition) is 3. The fraction of sp³-hybridized carbons (Fsp3) is 0.238. The van der Waals surface area contributed by atoms with E-state index in [2.05, 4.69) is 15.5 Å². The first-order valence-electron chi connectivity index (χ1n) is 8.98. The minimum atomic E-state index is -0.541. The number of piperidine rings is 1. The molecule has 2 aromatic carbocycles. The van der Waals surface area contributed by atoms with Crippen LogP contribution in [0.2, 0.25) is 0 Å². The zero-order valence-electron chi connectivity index (χ0n) is 15.0. The number of carbonyl (C=O) groups is 1. The summed E-state index contributed by atoms with van der Waals surface area (Å²) in [6.07, 6.45) is 5.13. The highest BCUT2D eigenvalue weighted by Crippen LogP contribution is 2.22. The van der Waals surface area contributed by atoms with E-state index in [1.54, 1.807) is 12.1 Å². The first-order valence-corrected chi connectivity index (χ1v) is 8.98. The van der Waals surface area contributed by atoms with Crippen molar-refractivity contribution < 1.29 is 9.90 Å². The zero-order valence-corrected chi connectivity index (χ0v) is 15.0. The van der Waals surface area contributed by atoms with Crippen LogP contribution in [0, 0.1) is 11.3 Å². The molecule has 0 aliphatic carbocycles. The molecule has 3 rings (SSSR count). The number of phenols is 1. The number of nitrogens with one attached hydrogen (secondary N) is 2. The van der Waals surface area contributed by atoms with Crippen molar-refractivity contribution in [1.29, 1.82) is 5.26 Å². The molecule has 0 spiro atoms. The second-order valence-corrected chi connectivity index (χ2v) is 6.41. The van der Waals surface area contributed by atoms with E-state index in [1.165, 1.54) is 43.3 Å². The molecular weight excluding hydrogens is 340 g/mol. The molecule has 27 heavy (non-hydrogen) atoms. The summed E-state index contributed by atoms with van der Waals surface area (Å²) in [7, 11) is 0. The van der Waals surface area contributed by atoms with Gasteiger partial charge in [-0.3, -0.25) is 4.79 Å². The number of amides is 1. The molecule has 0 bridgehead atoms. The highest BCUT2D eigenvalue weighted by Gasteiger charge is 2.11. The van der Waals surface area contributed by atoms with E-state index in [0.29, 0.717) is 5.69 Å². The molecule has 1 heterocycles. The summed E-state index contributed by atoms with van der Waals surface area (Å²) in [4.78, 5) is 14.6. The van der Waals surface area contributed by atoms with Gasteiger partial charge in [0.15, 0.2) is 0 Å². The highest BCUT2D eigenvalue weighted by molar-refractivity contribution is 6.06. The summed E-state index contributed by atoms with van der Waals surface area (Å²) in [5.41, 5.74) is 2.35. The molecule has 1 fully saturated rings. The summed E-state index contributed by atoms with van der Waals surface area (Å²) >= 11 is 0. The third kappa shape index (κ3) is 5.02. The Morgan fingerprint density at radius 1 is 1.07 bits per heavy atom. The van der Waals surface area contributed by atoms with Crippen molar-refractivity contribution in [3.8, 4) is 11.8 Å². The lowest BCUT2D eigenvalue weighted by atomic mass is 10.1. The molecule has 2 aromatic rings. The minimum Gasteiger partial charge on any atom is -0.508 e. The van der Waals surface area contributed by atoms with E-state index in [0.717, 1.165) is 18.8 Å². The molecule has 1 aliphatic rings. The summed E-state index contributed by atoms with van der Waals surface area (Å²) in [5, 5.41) is 24.3. The monoisotopic (exact) mass is 362 g/mol. The molecule has 6 heteroatoms. The molecule has 138 valence electrons. The predicted octanol–water partition coefficient (Wildman–Crippen LogP) is 3.84. The molecule has 1 aliphatic heterocycles. The average Bonchev–Trinajstić information content (AvgIpc) is 2.69. The molecule has 0 saturated carbocycles. The SMILES string of the molecule is N#C/C(=C/Nc1ccc(N2CCCCC2)cc1)C(=O)Nc1cccc(O)c1. The van der Waals surface area contributed by atoms with E-state index in [1.807, 2.05) is 30.3 Å². The number of rotatable bonds is 5. The van der Waals surface area contributed by atoms with E-state index < -0.39 is 5.91 Å². The summed E-state index contributed by atoms with van der Waals surface area (Å²) in [6.45, 7) is 2.17. The number of carbonyl (C=O) groups excluding carboxylic acids is 1. The maximum Gasteiger partial charge on any atom is 0.267 e. The van der Waals surface area contributed by atoms with E-state index in [9.17, 15) is 15.2 Å². The van der Waals surface area contributed by atoms with Gasteiger partial charge >= 0.3 is 0 Å². The second-order valence-electron chi connectivity index (χ2n) is 6.41. The Kier molecular flexibility index (Phi) is 5.95. The van der Waals surface area contributed by atoms with Gasteiger partial charge in [-0.05, 0) is 55.7 Å². The normalized spacial score (nSPS) is 14.3. The van der Waals surface area contributed by atoms with Crippen molar-refractivity contribution in [1.82, 2.24) is 0 Å². The van der Waals surface area contributed by atoms with Crippen LogP contribution in [-0.4, -0.2) is 24.1 Å². The van der Waals surface area contributed by atoms with Gasteiger partial charge < -0.3 is 20.6 Å². The Hall–Kier alpha value is -3.46. The maximum atomic E-state index is 12.2. The summed E-state index contributed by atoms with van der Waals surface area (Å²) in [6, 6.07) is 16.0. The van der Waals surface area contributed by atoms with Crippen molar-refractivity contribution >= 4 is 23.0 Å². The van der Waals surface area contributed by atoms with Gasteiger partial charge in [-0.2, -0.15) is 5.26 Å². The van der Waals surface area contributed by atoms with E-state index in [-0.39, 0.29) is 11.3 Å².